The van der Waals surface area contributed by atoms with Gasteiger partial charge in [-0.05, 0) is 31.6 Å². The molecule has 1 aliphatic rings. The summed E-state index contributed by atoms with van der Waals surface area (Å²) in [6.07, 6.45) is -3.20. The smallest absolute Gasteiger partial charge is 0.389 e. The Labute approximate surface area is 75.9 Å². The maximum Gasteiger partial charge on any atom is 0.389 e. The minimum Gasteiger partial charge on any atom is -0.390 e. The first-order valence-corrected chi connectivity index (χ1v) is 4.60. The molecule has 0 spiro atoms. The Morgan fingerprint density at radius 1 is 1.38 bits per heavy atom. The van der Waals surface area contributed by atoms with Crippen LogP contribution in [-0.4, -0.2) is 16.9 Å². The predicted molar refractivity (Wildman–Crippen MR) is 43.3 cm³/mol. The molecule has 1 saturated carbocycles. The van der Waals surface area contributed by atoms with Crippen molar-refractivity contribution in [3.8, 4) is 0 Å². The fourth-order valence-electron chi connectivity index (χ4n) is 2.06. The van der Waals surface area contributed by atoms with Crippen molar-refractivity contribution in [2.75, 3.05) is 0 Å². The van der Waals surface area contributed by atoms with Crippen LogP contribution < -0.4 is 0 Å². The van der Waals surface area contributed by atoms with Crippen LogP contribution in [0.25, 0.3) is 0 Å². The molecule has 0 aromatic rings. The zero-order valence-electron chi connectivity index (χ0n) is 7.69. The molecule has 13 heavy (non-hydrogen) atoms. The minimum atomic E-state index is -4.08. The van der Waals surface area contributed by atoms with Crippen molar-refractivity contribution in [3.05, 3.63) is 0 Å². The first-order valence-electron chi connectivity index (χ1n) is 4.60. The summed E-state index contributed by atoms with van der Waals surface area (Å²) in [7, 11) is 0. The SMILES string of the molecule is CC1CC(O)(CCCC(F)(F)F)C1. The van der Waals surface area contributed by atoms with Crippen molar-refractivity contribution >= 4 is 0 Å². The Morgan fingerprint density at radius 2 is 1.92 bits per heavy atom. The first kappa shape index (κ1) is 10.8. The van der Waals surface area contributed by atoms with Crippen LogP contribution in [0, 0.1) is 5.92 Å². The molecule has 0 saturated heterocycles. The summed E-state index contributed by atoms with van der Waals surface area (Å²) in [5.74, 6) is 0.468. The van der Waals surface area contributed by atoms with E-state index in [4.69, 9.17) is 0 Å². The summed E-state index contributed by atoms with van der Waals surface area (Å²) in [4.78, 5) is 0. The highest BCUT2D eigenvalue weighted by atomic mass is 19.4. The van der Waals surface area contributed by atoms with Crippen LogP contribution >= 0.6 is 0 Å². The van der Waals surface area contributed by atoms with E-state index in [9.17, 15) is 18.3 Å². The fraction of sp³-hybridized carbons (Fsp3) is 1.00. The Morgan fingerprint density at radius 3 is 2.31 bits per heavy atom. The third-order valence-electron chi connectivity index (χ3n) is 2.56. The van der Waals surface area contributed by atoms with Gasteiger partial charge in [0, 0.05) is 6.42 Å². The van der Waals surface area contributed by atoms with Crippen molar-refractivity contribution < 1.29 is 18.3 Å². The molecule has 0 radical (unpaired) electrons. The average Bonchev–Trinajstić information content (AvgIpc) is 1.80. The average molecular weight is 196 g/mol. The lowest BCUT2D eigenvalue weighted by Gasteiger charge is -2.42. The van der Waals surface area contributed by atoms with E-state index in [1.165, 1.54) is 0 Å². The van der Waals surface area contributed by atoms with E-state index in [0.717, 1.165) is 0 Å². The molecule has 0 unspecified atom stereocenters. The number of alkyl halides is 3. The van der Waals surface area contributed by atoms with Crippen molar-refractivity contribution in [3.63, 3.8) is 0 Å². The highest BCUT2D eigenvalue weighted by molar-refractivity contribution is 4.91. The number of hydrogen-bond donors (Lipinski definition) is 1. The Balaban J connectivity index is 2.13. The molecule has 1 nitrogen and oxygen atoms in total. The quantitative estimate of drug-likeness (QED) is 0.735. The molecule has 0 bridgehead atoms. The van der Waals surface area contributed by atoms with Crippen LogP contribution in [0.2, 0.25) is 0 Å². The zero-order valence-corrected chi connectivity index (χ0v) is 7.69. The van der Waals surface area contributed by atoms with Gasteiger partial charge in [-0.15, -0.1) is 0 Å². The minimum absolute atomic E-state index is 0.0483. The standard InChI is InChI=1S/C9H15F3O/c1-7-5-8(13,6-7)3-2-4-9(10,11)12/h7,13H,2-6H2,1H3. The van der Waals surface area contributed by atoms with Gasteiger partial charge in [0.25, 0.3) is 0 Å². The third-order valence-corrected chi connectivity index (χ3v) is 2.56. The molecular weight excluding hydrogens is 181 g/mol. The van der Waals surface area contributed by atoms with Crippen LogP contribution in [0.3, 0.4) is 0 Å². The highest BCUT2D eigenvalue weighted by Gasteiger charge is 2.40. The molecule has 0 heterocycles. The third kappa shape index (κ3) is 3.55. The summed E-state index contributed by atoms with van der Waals surface area (Å²) >= 11 is 0. The summed E-state index contributed by atoms with van der Waals surface area (Å²) in [5.41, 5.74) is -0.787. The molecule has 1 N–H and O–H groups in total. The van der Waals surface area contributed by atoms with Gasteiger partial charge in [0.15, 0.2) is 0 Å². The second-order valence-corrected chi connectivity index (χ2v) is 4.21. The maximum atomic E-state index is 11.7. The van der Waals surface area contributed by atoms with Crippen molar-refractivity contribution in [2.24, 2.45) is 5.92 Å². The number of hydrogen-bond acceptors (Lipinski definition) is 1. The van der Waals surface area contributed by atoms with Crippen LogP contribution in [-0.2, 0) is 0 Å². The van der Waals surface area contributed by atoms with Gasteiger partial charge in [-0.25, -0.2) is 0 Å². The molecule has 1 rings (SSSR count). The van der Waals surface area contributed by atoms with Crippen molar-refractivity contribution in [1.29, 1.82) is 0 Å². The van der Waals surface area contributed by atoms with E-state index in [1.807, 2.05) is 6.92 Å². The van der Waals surface area contributed by atoms with Gasteiger partial charge in [0.1, 0.15) is 0 Å². The topological polar surface area (TPSA) is 20.2 Å². The van der Waals surface area contributed by atoms with E-state index < -0.39 is 18.2 Å². The van der Waals surface area contributed by atoms with Crippen LogP contribution in [0.1, 0.15) is 39.0 Å². The normalized spacial score (nSPS) is 34.4. The van der Waals surface area contributed by atoms with Gasteiger partial charge in [0.2, 0.25) is 0 Å². The maximum absolute atomic E-state index is 11.7. The van der Waals surface area contributed by atoms with Gasteiger partial charge in [0.05, 0.1) is 5.60 Å². The summed E-state index contributed by atoms with van der Waals surface area (Å²) in [6.45, 7) is 2.00. The lowest BCUT2D eigenvalue weighted by Crippen LogP contribution is -2.42. The molecule has 0 aromatic heterocycles. The number of rotatable bonds is 3. The van der Waals surface area contributed by atoms with Crippen molar-refractivity contribution in [2.45, 2.75) is 50.8 Å². The van der Waals surface area contributed by atoms with Gasteiger partial charge >= 0.3 is 6.18 Å². The van der Waals surface area contributed by atoms with Gasteiger partial charge in [-0.3, -0.25) is 0 Å². The second kappa shape index (κ2) is 3.48. The first-order chi connectivity index (χ1) is 5.81. The molecule has 78 valence electrons. The van der Waals surface area contributed by atoms with Crippen LogP contribution in [0.15, 0.2) is 0 Å². The zero-order chi connectivity index (χ0) is 10.1. The fourth-order valence-corrected chi connectivity index (χ4v) is 2.06. The lowest BCUT2D eigenvalue weighted by molar-refractivity contribution is -0.141. The molecular formula is C9H15F3O. The van der Waals surface area contributed by atoms with Crippen molar-refractivity contribution in [1.82, 2.24) is 0 Å². The number of halogens is 3. The molecule has 0 aliphatic heterocycles. The largest absolute Gasteiger partial charge is 0.390 e. The molecule has 1 fully saturated rings. The molecule has 0 atom stereocenters. The molecule has 0 aromatic carbocycles. The Kier molecular flexibility index (Phi) is 2.90. The van der Waals surface area contributed by atoms with E-state index in [2.05, 4.69) is 0 Å². The van der Waals surface area contributed by atoms with Gasteiger partial charge in [-0.2, -0.15) is 13.2 Å². The van der Waals surface area contributed by atoms with E-state index >= 15 is 0 Å². The van der Waals surface area contributed by atoms with Gasteiger partial charge in [-0.1, -0.05) is 6.92 Å². The lowest BCUT2D eigenvalue weighted by atomic mass is 9.69. The van der Waals surface area contributed by atoms with E-state index in [0.29, 0.717) is 18.8 Å². The van der Waals surface area contributed by atoms with E-state index in [1.54, 1.807) is 0 Å². The molecule has 0 amide bonds. The summed E-state index contributed by atoms with van der Waals surface area (Å²) in [6, 6.07) is 0. The van der Waals surface area contributed by atoms with Crippen LogP contribution in [0.5, 0.6) is 0 Å². The predicted octanol–water partition coefficient (Wildman–Crippen LogP) is 2.88. The summed E-state index contributed by atoms with van der Waals surface area (Å²) < 4.78 is 35.2. The van der Waals surface area contributed by atoms with Gasteiger partial charge < -0.3 is 5.11 Å². The highest BCUT2D eigenvalue weighted by Crippen LogP contribution is 2.41. The Bertz CT molecular complexity index is 170. The summed E-state index contributed by atoms with van der Waals surface area (Å²) in [5, 5.41) is 9.61. The molecule has 1 aliphatic carbocycles. The van der Waals surface area contributed by atoms with E-state index in [-0.39, 0.29) is 12.8 Å². The number of aliphatic hydroxyl groups is 1. The molecule has 4 heteroatoms. The Hall–Kier alpha value is -0.250. The second-order valence-electron chi connectivity index (χ2n) is 4.21. The monoisotopic (exact) mass is 196 g/mol. The van der Waals surface area contributed by atoms with Crippen LogP contribution in [0.4, 0.5) is 13.2 Å².